The fraction of sp³-hybridized carbons (Fsp3) is 0. The van der Waals surface area contributed by atoms with Crippen molar-refractivity contribution in [1.29, 1.82) is 0 Å². The van der Waals surface area contributed by atoms with E-state index in [0.717, 1.165) is 16.7 Å². The van der Waals surface area contributed by atoms with Crippen LogP contribution in [0.3, 0.4) is 0 Å². The lowest BCUT2D eigenvalue weighted by Gasteiger charge is -2.11. The molecule has 6 N–H and O–H groups in total. The van der Waals surface area contributed by atoms with Crippen molar-refractivity contribution < 1.29 is 4.39 Å². The molecule has 0 radical (unpaired) electrons. The summed E-state index contributed by atoms with van der Waals surface area (Å²) in [5.74, 6) is -0.141. The molecule has 0 bridgehead atoms. The van der Waals surface area contributed by atoms with E-state index >= 15 is 0 Å². The third-order valence-corrected chi connectivity index (χ3v) is 3.85. The number of anilines is 4. The molecule has 0 fully saturated rings. The molecule has 0 aliphatic carbocycles. The third kappa shape index (κ3) is 2.69. The second-order valence-corrected chi connectivity index (χ2v) is 5.45. The number of aromatic nitrogens is 4. The van der Waals surface area contributed by atoms with Crippen molar-refractivity contribution in [2.24, 2.45) is 0 Å². The fourth-order valence-corrected chi connectivity index (χ4v) is 2.63. The second-order valence-electron chi connectivity index (χ2n) is 5.45. The number of aromatic amines is 1. The number of nitrogens with zero attached hydrogens (tertiary/aromatic N) is 3. The molecule has 4 aromatic rings. The molecule has 7 nitrogen and oxygen atoms in total. The first-order valence-corrected chi connectivity index (χ1v) is 7.49. The predicted octanol–water partition coefficient (Wildman–Crippen LogP) is 3.07. The minimum Gasteiger partial charge on any atom is -0.383 e. The van der Waals surface area contributed by atoms with E-state index in [4.69, 9.17) is 11.5 Å². The smallest absolute Gasteiger partial charge is 0.221 e. The van der Waals surface area contributed by atoms with Gasteiger partial charge in [0.2, 0.25) is 5.95 Å². The van der Waals surface area contributed by atoms with Crippen molar-refractivity contribution in [2.45, 2.75) is 0 Å². The Balaban J connectivity index is 1.69. The Morgan fingerprint density at radius 1 is 1.04 bits per heavy atom. The standard InChI is InChI=1S/C17H14FN7/c18-12-7-9(11-8-23-17(20)25-15(11)19)1-2-14(12)24-13-4-6-22-16-10(13)3-5-21-16/h1-8H,(H2,21,22,24)(H4,19,20,23,25). The van der Waals surface area contributed by atoms with Crippen LogP contribution in [0.5, 0.6) is 0 Å². The molecule has 0 aliphatic rings. The molecule has 4 rings (SSSR count). The maximum absolute atomic E-state index is 14.6. The van der Waals surface area contributed by atoms with Gasteiger partial charge < -0.3 is 21.8 Å². The van der Waals surface area contributed by atoms with Gasteiger partial charge >= 0.3 is 0 Å². The Morgan fingerprint density at radius 2 is 1.92 bits per heavy atom. The van der Waals surface area contributed by atoms with Crippen LogP contribution in [0.15, 0.2) is 48.9 Å². The van der Waals surface area contributed by atoms with Crippen LogP contribution in [0.2, 0.25) is 0 Å². The third-order valence-electron chi connectivity index (χ3n) is 3.85. The van der Waals surface area contributed by atoms with Crippen LogP contribution in [0.4, 0.5) is 27.5 Å². The van der Waals surface area contributed by atoms with Crippen LogP contribution in [0.25, 0.3) is 22.2 Å². The Morgan fingerprint density at radius 3 is 2.72 bits per heavy atom. The average Bonchev–Trinajstić information content (AvgIpc) is 3.06. The number of halogens is 1. The van der Waals surface area contributed by atoms with E-state index in [1.165, 1.54) is 12.3 Å². The highest BCUT2D eigenvalue weighted by molar-refractivity contribution is 5.91. The van der Waals surface area contributed by atoms with Crippen molar-refractivity contribution in [2.75, 3.05) is 16.8 Å². The zero-order valence-electron chi connectivity index (χ0n) is 13.0. The molecule has 8 heteroatoms. The van der Waals surface area contributed by atoms with Gasteiger partial charge in [-0.3, -0.25) is 0 Å². The van der Waals surface area contributed by atoms with Crippen LogP contribution in [-0.4, -0.2) is 19.9 Å². The highest BCUT2D eigenvalue weighted by Gasteiger charge is 2.11. The lowest BCUT2D eigenvalue weighted by molar-refractivity contribution is 0.632. The summed E-state index contributed by atoms with van der Waals surface area (Å²) >= 11 is 0. The SMILES string of the molecule is Nc1ncc(-c2ccc(Nc3ccnc4[nH]ccc34)c(F)c2)c(N)n1. The summed E-state index contributed by atoms with van der Waals surface area (Å²) in [7, 11) is 0. The molecule has 0 aliphatic heterocycles. The number of H-pyrrole nitrogens is 1. The molecule has 0 amide bonds. The monoisotopic (exact) mass is 335 g/mol. The van der Waals surface area contributed by atoms with Gasteiger partial charge in [0.05, 0.1) is 11.4 Å². The van der Waals surface area contributed by atoms with Gasteiger partial charge in [0.15, 0.2) is 0 Å². The summed E-state index contributed by atoms with van der Waals surface area (Å²) in [5, 5.41) is 3.96. The van der Waals surface area contributed by atoms with Gasteiger partial charge in [-0.15, -0.1) is 0 Å². The number of pyridine rings is 1. The van der Waals surface area contributed by atoms with E-state index in [9.17, 15) is 4.39 Å². The van der Waals surface area contributed by atoms with Crippen LogP contribution in [0, 0.1) is 5.82 Å². The van der Waals surface area contributed by atoms with Crippen LogP contribution in [-0.2, 0) is 0 Å². The number of rotatable bonds is 3. The first-order valence-electron chi connectivity index (χ1n) is 7.49. The summed E-state index contributed by atoms with van der Waals surface area (Å²) < 4.78 is 14.6. The normalized spacial score (nSPS) is 10.9. The fourth-order valence-electron chi connectivity index (χ4n) is 2.63. The van der Waals surface area contributed by atoms with Crippen molar-refractivity contribution >= 4 is 34.2 Å². The van der Waals surface area contributed by atoms with Crippen molar-refractivity contribution in [1.82, 2.24) is 19.9 Å². The second kappa shape index (κ2) is 5.75. The number of fused-ring (bicyclic) bond motifs is 1. The molecule has 124 valence electrons. The highest BCUT2D eigenvalue weighted by atomic mass is 19.1. The highest BCUT2D eigenvalue weighted by Crippen LogP contribution is 2.30. The van der Waals surface area contributed by atoms with E-state index < -0.39 is 5.82 Å². The molecule has 3 heterocycles. The first kappa shape index (κ1) is 14.9. The van der Waals surface area contributed by atoms with Crippen molar-refractivity contribution in [3.8, 4) is 11.1 Å². The van der Waals surface area contributed by atoms with E-state index in [2.05, 4.69) is 25.3 Å². The summed E-state index contributed by atoms with van der Waals surface area (Å²) in [6.45, 7) is 0. The lowest BCUT2D eigenvalue weighted by atomic mass is 10.1. The van der Waals surface area contributed by atoms with Gasteiger partial charge in [0, 0.05) is 29.5 Å². The van der Waals surface area contributed by atoms with Crippen LogP contribution < -0.4 is 16.8 Å². The summed E-state index contributed by atoms with van der Waals surface area (Å²) in [5.41, 5.74) is 14.2. The van der Waals surface area contributed by atoms with Gasteiger partial charge in [0.1, 0.15) is 17.3 Å². The number of nitrogen functional groups attached to an aromatic ring is 2. The molecule has 3 aromatic heterocycles. The molecule has 0 spiro atoms. The van der Waals surface area contributed by atoms with Gasteiger partial charge in [0.25, 0.3) is 0 Å². The van der Waals surface area contributed by atoms with Crippen molar-refractivity contribution in [3.63, 3.8) is 0 Å². The molecule has 0 saturated carbocycles. The molecular formula is C17H14FN7. The minimum atomic E-state index is -0.422. The quantitative estimate of drug-likeness (QED) is 0.457. The Kier molecular flexibility index (Phi) is 3.42. The van der Waals surface area contributed by atoms with Gasteiger partial charge in [-0.1, -0.05) is 6.07 Å². The predicted molar refractivity (Wildman–Crippen MR) is 95.6 cm³/mol. The zero-order chi connectivity index (χ0) is 17.4. The van der Waals surface area contributed by atoms with E-state index in [-0.39, 0.29) is 11.8 Å². The van der Waals surface area contributed by atoms with Crippen LogP contribution >= 0.6 is 0 Å². The first-order chi connectivity index (χ1) is 12.1. The molecule has 0 atom stereocenters. The van der Waals surface area contributed by atoms with E-state index in [1.807, 2.05) is 6.07 Å². The number of hydrogen-bond acceptors (Lipinski definition) is 6. The zero-order valence-corrected chi connectivity index (χ0v) is 13.0. The van der Waals surface area contributed by atoms with Crippen molar-refractivity contribution in [3.05, 3.63) is 54.7 Å². The molecule has 25 heavy (non-hydrogen) atoms. The summed E-state index contributed by atoms with van der Waals surface area (Å²) in [6.07, 6.45) is 4.91. The number of benzene rings is 1. The Bertz CT molecular complexity index is 1070. The topological polar surface area (TPSA) is 119 Å². The maximum Gasteiger partial charge on any atom is 0.221 e. The largest absolute Gasteiger partial charge is 0.383 e. The van der Waals surface area contributed by atoms with Crippen LogP contribution in [0.1, 0.15) is 0 Å². The van der Waals surface area contributed by atoms with E-state index in [1.54, 1.807) is 30.6 Å². The van der Waals surface area contributed by atoms with Gasteiger partial charge in [-0.2, -0.15) is 4.98 Å². The molecule has 0 saturated heterocycles. The Hall–Kier alpha value is -3.68. The Labute approximate surface area is 141 Å². The van der Waals surface area contributed by atoms with Gasteiger partial charge in [-0.05, 0) is 29.8 Å². The number of hydrogen-bond donors (Lipinski definition) is 4. The molecule has 0 unspecified atom stereocenters. The average molecular weight is 335 g/mol. The number of nitrogens with two attached hydrogens (primary N) is 2. The number of nitrogens with one attached hydrogen (secondary N) is 2. The maximum atomic E-state index is 14.6. The lowest BCUT2D eigenvalue weighted by Crippen LogP contribution is -2.01. The molecule has 1 aromatic carbocycles. The minimum absolute atomic E-state index is 0.0771. The van der Waals surface area contributed by atoms with Gasteiger partial charge in [-0.25, -0.2) is 14.4 Å². The summed E-state index contributed by atoms with van der Waals surface area (Å²) in [6, 6.07) is 8.42. The summed E-state index contributed by atoms with van der Waals surface area (Å²) in [4.78, 5) is 15.0. The van der Waals surface area contributed by atoms with E-state index in [0.29, 0.717) is 16.8 Å². The molecular weight excluding hydrogens is 321 g/mol.